The number of nitrogens with one attached hydrogen (secondary N) is 1. The van der Waals surface area contributed by atoms with Gasteiger partial charge < -0.3 is 16.0 Å². The van der Waals surface area contributed by atoms with Crippen molar-refractivity contribution in [3.8, 4) is 0 Å². The maximum Gasteiger partial charge on any atom is 0.236 e. The molecule has 0 aliphatic carbocycles. The van der Waals surface area contributed by atoms with Gasteiger partial charge in [-0.05, 0) is 25.5 Å². The van der Waals surface area contributed by atoms with E-state index in [1.54, 1.807) is 19.2 Å². The zero-order valence-corrected chi connectivity index (χ0v) is 13.5. The van der Waals surface area contributed by atoms with Crippen LogP contribution in [0.5, 0.6) is 0 Å². The van der Waals surface area contributed by atoms with Crippen molar-refractivity contribution in [1.82, 2.24) is 10.3 Å². The molecule has 1 fully saturated rings. The maximum atomic E-state index is 11.5. The van der Waals surface area contributed by atoms with Crippen molar-refractivity contribution in [3.63, 3.8) is 0 Å². The molecule has 0 bridgehead atoms. The Morgan fingerprint density at radius 1 is 1.60 bits per heavy atom. The van der Waals surface area contributed by atoms with Crippen LogP contribution in [0.4, 0.5) is 5.82 Å². The zero-order valence-electron chi connectivity index (χ0n) is 11.1. The first-order valence-corrected chi connectivity index (χ1v) is 6.37. The SMILES string of the molecule is C[C@@H](N)C(=O)NC1CCN(c2ncccc2Cl)C1.Cl.Cl. The number of anilines is 1. The van der Waals surface area contributed by atoms with Gasteiger partial charge in [-0.3, -0.25) is 4.79 Å². The summed E-state index contributed by atoms with van der Waals surface area (Å²) in [4.78, 5) is 17.9. The first kappa shape index (κ1) is 19.2. The van der Waals surface area contributed by atoms with Crippen LogP contribution in [0.3, 0.4) is 0 Å². The third kappa shape index (κ3) is 4.66. The number of hydrogen-bond donors (Lipinski definition) is 2. The van der Waals surface area contributed by atoms with Crippen molar-refractivity contribution in [2.75, 3.05) is 18.0 Å². The number of carbonyl (C=O) groups excluding carboxylic acids is 1. The average Bonchev–Trinajstić information content (AvgIpc) is 2.77. The summed E-state index contributed by atoms with van der Waals surface area (Å²) in [7, 11) is 0. The third-order valence-corrected chi connectivity index (χ3v) is 3.28. The van der Waals surface area contributed by atoms with Crippen molar-refractivity contribution >= 4 is 48.1 Å². The van der Waals surface area contributed by atoms with E-state index in [-0.39, 0.29) is 36.8 Å². The van der Waals surface area contributed by atoms with Gasteiger partial charge in [0.05, 0.1) is 11.1 Å². The van der Waals surface area contributed by atoms with Crippen molar-refractivity contribution in [2.45, 2.75) is 25.4 Å². The van der Waals surface area contributed by atoms with E-state index < -0.39 is 6.04 Å². The third-order valence-electron chi connectivity index (χ3n) is 2.99. The molecule has 0 aromatic carbocycles. The molecule has 3 N–H and O–H groups in total. The van der Waals surface area contributed by atoms with Gasteiger partial charge >= 0.3 is 0 Å². The van der Waals surface area contributed by atoms with Crippen LogP contribution in [0.2, 0.25) is 5.02 Å². The van der Waals surface area contributed by atoms with Gasteiger partial charge in [0.15, 0.2) is 0 Å². The molecule has 2 atom stereocenters. The molecule has 5 nitrogen and oxygen atoms in total. The topological polar surface area (TPSA) is 71.2 Å². The summed E-state index contributed by atoms with van der Waals surface area (Å²) in [6.07, 6.45) is 2.60. The lowest BCUT2D eigenvalue weighted by molar-refractivity contribution is -0.122. The molecule has 0 radical (unpaired) electrons. The van der Waals surface area contributed by atoms with Crippen LogP contribution in [0.1, 0.15) is 13.3 Å². The minimum absolute atomic E-state index is 0. The van der Waals surface area contributed by atoms with Crippen molar-refractivity contribution in [3.05, 3.63) is 23.4 Å². The van der Waals surface area contributed by atoms with Crippen LogP contribution in [0.25, 0.3) is 0 Å². The fraction of sp³-hybridized carbons (Fsp3) is 0.500. The van der Waals surface area contributed by atoms with Gasteiger partial charge in [0.2, 0.25) is 5.91 Å². The fourth-order valence-electron chi connectivity index (χ4n) is 2.01. The Morgan fingerprint density at radius 3 is 2.90 bits per heavy atom. The summed E-state index contributed by atoms with van der Waals surface area (Å²) in [5.41, 5.74) is 5.52. The number of halogens is 3. The second kappa shape index (κ2) is 8.52. The normalized spacial score (nSPS) is 18.8. The molecule has 20 heavy (non-hydrogen) atoms. The maximum absolute atomic E-state index is 11.5. The van der Waals surface area contributed by atoms with Crippen LogP contribution in [-0.2, 0) is 4.79 Å². The monoisotopic (exact) mass is 340 g/mol. The molecule has 0 spiro atoms. The van der Waals surface area contributed by atoms with Gasteiger partial charge in [-0.1, -0.05) is 11.6 Å². The number of aromatic nitrogens is 1. The first-order chi connectivity index (χ1) is 8.58. The molecule has 2 rings (SSSR count). The van der Waals surface area contributed by atoms with E-state index in [9.17, 15) is 4.79 Å². The number of rotatable bonds is 3. The first-order valence-electron chi connectivity index (χ1n) is 5.99. The van der Waals surface area contributed by atoms with E-state index in [2.05, 4.69) is 15.2 Å². The van der Waals surface area contributed by atoms with Crippen molar-refractivity contribution < 1.29 is 4.79 Å². The van der Waals surface area contributed by atoms with Gasteiger partial charge in [0, 0.05) is 25.3 Å². The molecule has 1 amide bonds. The molecule has 114 valence electrons. The lowest BCUT2D eigenvalue weighted by Crippen LogP contribution is -2.45. The van der Waals surface area contributed by atoms with E-state index in [4.69, 9.17) is 17.3 Å². The fourth-order valence-corrected chi connectivity index (χ4v) is 2.25. The van der Waals surface area contributed by atoms with Crippen LogP contribution in [-0.4, -0.2) is 36.1 Å². The smallest absolute Gasteiger partial charge is 0.236 e. The van der Waals surface area contributed by atoms with Crippen LogP contribution in [0, 0.1) is 0 Å². The minimum atomic E-state index is -0.475. The molecular formula is C12H19Cl3N4O. The van der Waals surface area contributed by atoms with E-state index in [0.29, 0.717) is 5.02 Å². The highest BCUT2D eigenvalue weighted by Gasteiger charge is 2.26. The zero-order chi connectivity index (χ0) is 13.1. The molecule has 2 heterocycles. The van der Waals surface area contributed by atoms with Crippen LogP contribution < -0.4 is 16.0 Å². The highest BCUT2D eigenvalue weighted by Crippen LogP contribution is 2.25. The van der Waals surface area contributed by atoms with E-state index in [1.807, 2.05) is 6.07 Å². The highest BCUT2D eigenvalue weighted by molar-refractivity contribution is 6.32. The average molecular weight is 342 g/mol. The Labute approximate surface area is 136 Å². The highest BCUT2D eigenvalue weighted by atomic mass is 35.5. The summed E-state index contributed by atoms with van der Waals surface area (Å²) in [5.74, 6) is 0.658. The van der Waals surface area contributed by atoms with Crippen molar-refractivity contribution in [2.24, 2.45) is 5.73 Å². The Hall–Kier alpha value is -0.750. The largest absolute Gasteiger partial charge is 0.353 e. The van der Waals surface area contributed by atoms with E-state index in [0.717, 1.165) is 25.3 Å². The minimum Gasteiger partial charge on any atom is -0.353 e. The molecular weight excluding hydrogens is 323 g/mol. The molecule has 1 aromatic rings. The van der Waals surface area contributed by atoms with Crippen molar-refractivity contribution in [1.29, 1.82) is 0 Å². The second-order valence-electron chi connectivity index (χ2n) is 4.54. The predicted molar refractivity (Wildman–Crippen MR) is 86.2 cm³/mol. The summed E-state index contributed by atoms with van der Waals surface area (Å²) in [6, 6.07) is 3.26. The molecule has 0 saturated carbocycles. The standard InChI is InChI=1S/C12H17ClN4O.2ClH/c1-8(14)12(18)16-9-4-6-17(7-9)11-10(13)3-2-5-15-11;;/h2-3,5,8-9H,4,6-7,14H2,1H3,(H,16,18);2*1H/t8-,9?;;/m1../s1. The van der Waals surface area contributed by atoms with Gasteiger partial charge in [0.1, 0.15) is 5.82 Å². The van der Waals surface area contributed by atoms with E-state index >= 15 is 0 Å². The van der Waals surface area contributed by atoms with Gasteiger partial charge in [-0.15, -0.1) is 24.8 Å². The second-order valence-corrected chi connectivity index (χ2v) is 4.94. The number of hydrogen-bond acceptors (Lipinski definition) is 4. The lowest BCUT2D eigenvalue weighted by atomic mass is 10.2. The molecule has 8 heteroatoms. The number of nitrogens with two attached hydrogens (primary N) is 1. The molecule has 1 unspecified atom stereocenters. The summed E-state index contributed by atoms with van der Waals surface area (Å²) >= 11 is 6.10. The molecule has 1 aromatic heterocycles. The van der Waals surface area contributed by atoms with Gasteiger partial charge in [0.25, 0.3) is 0 Å². The Balaban J connectivity index is 0.00000180. The number of carbonyl (C=O) groups is 1. The molecule has 1 saturated heterocycles. The number of amides is 1. The molecule has 1 aliphatic heterocycles. The summed E-state index contributed by atoms with van der Waals surface area (Å²) in [6.45, 7) is 3.23. The predicted octanol–water partition coefficient (Wildman–Crippen LogP) is 1.62. The van der Waals surface area contributed by atoms with E-state index in [1.165, 1.54) is 0 Å². The number of pyridine rings is 1. The quantitative estimate of drug-likeness (QED) is 0.876. The Morgan fingerprint density at radius 2 is 2.30 bits per heavy atom. The molecule has 1 aliphatic rings. The van der Waals surface area contributed by atoms with Crippen LogP contribution >= 0.6 is 36.4 Å². The summed E-state index contributed by atoms with van der Waals surface area (Å²) < 4.78 is 0. The summed E-state index contributed by atoms with van der Waals surface area (Å²) in [5, 5.41) is 3.56. The van der Waals surface area contributed by atoms with Crippen LogP contribution in [0.15, 0.2) is 18.3 Å². The Kier molecular flexibility index (Phi) is 8.20. The lowest BCUT2D eigenvalue weighted by Gasteiger charge is -2.19. The van der Waals surface area contributed by atoms with Gasteiger partial charge in [-0.2, -0.15) is 0 Å². The Bertz CT molecular complexity index is 444. The number of nitrogens with zero attached hydrogens (tertiary/aromatic N) is 2. The van der Waals surface area contributed by atoms with Gasteiger partial charge in [-0.25, -0.2) is 4.98 Å².